The Morgan fingerprint density at radius 3 is 2.95 bits per heavy atom. The molecule has 1 amide bonds. The van der Waals surface area contributed by atoms with Gasteiger partial charge in [-0.2, -0.15) is 4.68 Å². The van der Waals surface area contributed by atoms with Crippen molar-refractivity contribution in [1.82, 2.24) is 25.5 Å². The van der Waals surface area contributed by atoms with Crippen LogP contribution in [-0.4, -0.2) is 52.0 Å². The van der Waals surface area contributed by atoms with Gasteiger partial charge in [0.1, 0.15) is 0 Å². The van der Waals surface area contributed by atoms with Crippen LogP contribution in [0.4, 0.5) is 0 Å². The smallest absolute Gasteiger partial charge is 0.337 e. The van der Waals surface area contributed by atoms with E-state index in [4.69, 9.17) is 0 Å². The highest BCUT2D eigenvalue weighted by Crippen LogP contribution is 2.18. The Balaban J connectivity index is 2.24. The number of ether oxygens (including phenoxy) is 1. The fourth-order valence-corrected chi connectivity index (χ4v) is 2.28. The van der Waals surface area contributed by atoms with Gasteiger partial charge in [0.15, 0.2) is 0 Å². The van der Waals surface area contributed by atoms with Crippen LogP contribution in [0, 0.1) is 0 Å². The molecule has 21 heavy (non-hydrogen) atoms. The van der Waals surface area contributed by atoms with E-state index >= 15 is 0 Å². The molecule has 2 rings (SSSR count). The molecule has 8 nitrogen and oxygen atoms in total. The number of carbonyl (C=O) groups is 2. The lowest BCUT2D eigenvalue weighted by atomic mass is 10.2. The number of carbonyl (C=O) groups excluding carboxylic acids is 2. The third-order valence-electron chi connectivity index (χ3n) is 2.56. The summed E-state index contributed by atoms with van der Waals surface area (Å²) in [5.74, 6) is -0.365. The van der Waals surface area contributed by atoms with E-state index in [0.717, 1.165) is 0 Å². The van der Waals surface area contributed by atoms with E-state index in [1.54, 1.807) is 31.3 Å². The molecule has 0 fully saturated rings. The largest absolute Gasteiger partial charge is 0.465 e. The summed E-state index contributed by atoms with van der Waals surface area (Å²) in [7, 11) is 2.88. The number of aromatic nitrogens is 4. The predicted octanol–water partition coefficient (Wildman–Crippen LogP) is 0.287. The molecule has 9 heteroatoms. The first-order valence-corrected chi connectivity index (χ1v) is 6.94. The van der Waals surface area contributed by atoms with Crippen LogP contribution in [0.5, 0.6) is 0 Å². The Hall–Kier alpha value is -2.42. The lowest BCUT2D eigenvalue weighted by Crippen LogP contribution is -2.20. The highest BCUT2D eigenvalue weighted by atomic mass is 32.2. The summed E-state index contributed by atoms with van der Waals surface area (Å²) < 4.78 is 6.13. The Morgan fingerprint density at radius 2 is 2.24 bits per heavy atom. The van der Waals surface area contributed by atoms with E-state index < -0.39 is 5.97 Å². The van der Waals surface area contributed by atoms with Crippen LogP contribution in [0.2, 0.25) is 0 Å². The Kier molecular flexibility index (Phi) is 4.88. The normalized spacial score (nSPS) is 10.2. The van der Waals surface area contributed by atoms with Gasteiger partial charge in [0, 0.05) is 7.05 Å². The lowest BCUT2D eigenvalue weighted by Gasteiger charge is -2.05. The molecule has 0 spiro atoms. The van der Waals surface area contributed by atoms with Crippen LogP contribution in [0.3, 0.4) is 0 Å². The van der Waals surface area contributed by atoms with Crippen molar-refractivity contribution in [3.63, 3.8) is 0 Å². The highest BCUT2D eigenvalue weighted by Gasteiger charge is 2.13. The second-order valence-corrected chi connectivity index (χ2v) is 4.82. The van der Waals surface area contributed by atoms with Crippen molar-refractivity contribution < 1.29 is 14.3 Å². The van der Waals surface area contributed by atoms with Crippen molar-refractivity contribution in [1.29, 1.82) is 0 Å². The number of nitrogens with zero attached hydrogens (tertiary/aromatic N) is 4. The third kappa shape index (κ3) is 3.57. The molecule has 2 aromatic rings. The minimum atomic E-state index is -0.440. The molecular formula is C12H13N5O3S. The number of hydrogen-bond donors (Lipinski definition) is 1. The maximum Gasteiger partial charge on any atom is 0.337 e. The molecule has 0 atom stereocenters. The molecule has 110 valence electrons. The van der Waals surface area contributed by atoms with Crippen molar-refractivity contribution in [3.05, 3.63) is 29.8 Å². The van der Waals surface area contributed by atoms with Crippen LogP contribution in [0.15, 0.2) is 29.4 Å². The molecule has 1 N–H and O–H groups in total. The molecule has 0 unspecified atom stereocenters. The summed E-state index contributed by atoms with van der Waals surface area (Å²) >= 11 is 1.20. The van der Waals surface area contributed by atoms with Gasteiger partial charge in [0.05, 0.1) is 24.1 Å². The SMILES string of the molecule is CNC(=O)CSc1nnnn1-c1cccc(C(=O)OC)c1. The quantitative estimate of drug-likeness (QED) is 0.626. The van der Waals surface area contributed by atoms with Gasteiger partial charge < -0.3 is 10.1 Å². The topological polar surface area (TPSA) is 99.0 Å². The maximum atomic E-state index is 11.5. The molecule has 0 aliphatic carbocycles. The number of thioether (sulfide) groups is 1. The van der Waals surface area contributed by atoms with Gasteiger partial charge in [-0.1, -0.05) is 17.8 Å². The van der Waals surface area contributed by atoms with Gasteiger partial charge in [-0.25, -0.2) is 4.79 Å². The summed E-state index contributed by atoms with van der Waals surface area (Å²) in [6, 6.07) is 6.71. The lowest BCUT2D eigenvalue weighted by molar-refractivity contribution is -0.118. The fraction of sp³-hybridized carbons (Fsp3) is 0.250. The van der Waals surface area contributed by atoms with E-state index in [2.05, 4.69) is 25.6 Å². The molecule has 0 radical (unpaired) electrons. The molecule has 0 aliphatic rings. The van der Waals surface area contributed by atoms with Gasteiger partial charge in [-0.05, 0) is 28.6 Å². The van der Waals surface area contributed by atoms with Gasteiger partial charge >= 0.3 is 5.97 Å². The van der Waals surface area contributed by atoms with Crippen LogP contribution < -0.4 is 5.32 Å². The molecule has 0 bridgehead atoms. The summed E-state index contributed by atoms with van der Waals surface area (Å²) in [5, 5.41) is 14.3. The van der Waals surface area contributed by atoms with Crippen molar-refractivity contribution in [2.24, 2.45) is 0 Å². The van der Waals surface area contributed by atoms with E-state index in [1.807, 2.05) is 0 Å². The molecule has 1 heterocycles. The van der Waals surface area contributed by atoms with Crippen LogP contribution in [-0.2, 0) is 9.53 Å². The van der Waals surface area contributed by atoms with Gasteiger partial charge in [-0.3, -0.25) is 4.79 Å². The van der Waals surface area contributed by atoms with Gasteiger partial charge in [-0.15, -0.1) is 5.10 Å². The third-order valence-corrected chi connectivity index (χ3v) is 3.48. The Bertz CT molecular complexity index is 658. The van der Waals surface area contributed by atoms with Crippen molar-refractivity contribution in [2.75, 3.05) is 19.9 Å². The first-order chi connectivity index (χ1) is 10.2. The monoisotopic (exact) mass is 307 g/mol. The van der Waals surface area contributed by atoms with Gasteiger partial charge in [0.2, 0.25) is 11.1 Å². The van der Waals surface area contributed by atoms with Crippen molar-refractivity contribution >= 4 is 23.6 Å². The minimum absolute atomic E-state index is 0.127. The maximum absolute atomic E-state index is 11.5. The fourth-order valence-electron chi connectivity index (χ4n) is 1.52. The number of hydrogen-bond acceptors (Lipinski definition) is 7. The number of esters is 1. The van der Waals surface area contributed by atoms with Gasteiger partial charge in [0.25, 0.3) is 0 Å². The summed E-state index contributed by atoms with van der Waals surface area (Å²) in [4.78, 5) is 22.8. The predicted molar refractivity (Wildman–Crippen MR) is 75.3 cm³/mol. The highest BCUT2D eigenvalue weighted by molar-refractivity contribution is 7.99. The number of rotatable bonds is 5. The number of amides is 1. The van der Waals surface area contributed by atoms with E-state index in [-0.39, 0.29) is 11.7 Å². The van der Waals surface area contributed by atoms with Crippen molar-refractivity contribution in [3.8, 4) is 5.69 Å². The number of nitrogens with one attached hydrogen (secondary N) is 1. The zero-order chi connectivity index (χ0) is 15.2. The zero-order valence-corrected chi connectivity index (χ0v) is 12.3. The molecule has 1 aromatic heterocycles. The summed E-state index contributed by atoms with van der Waals surface area (Å²) in [6.45, 7) is 0. The van der Waals surface area contributed by atoms with E-state index in [0.29, 0.717) is 16.4 Å². The second kappa shape index (κ2) is 6.84. The molecule has 1 aromatic carbocycles. The number of benzene rings is 1. The van der Waals surface area contributed by atoms with Crippen LogP contribution in [0.1, 0.15) is 10.4 Å². The Labute approximate surface area is 124 Å². The van der Waals surface area contributed by atoms with Crippen molar-refractivity contribution in [2.45, 2.75) is 5.16 Å². The second-order valence-electron chi connectivity index (χ2n) is 3.88. The standard InChI is InChI=1S/C12H13N5O3S/c1-13-10(18)7-21-12-14-15-16-17(12)9-5-3-4-8(6-9)11(19)20-2/h3-6H,7H2,1-2H3,(H,13,18). The molecule has 0 saturated heterocycles. The molecule has 0 aliphatic heterocycles. The van der Waals surface area contributed by atoms with Crippen LogP contribution in [0.25, 0.3) is 5.69 Å². The first-order valence-electron chi connectivity index (χ1n) is 5.96. The van der Waals surface area contributed by atoms with Crippen LogP contribution >= 0.6 is 11.8 Å². The average Bonchev–Trinajstić information content (AvgIpc) is 3.00. The number of tetrazole rings is 1. The summed E-state index contributed by atoms with van der Waals surface area (Å²) in [6.07, 6.45) is 0. The zero-order valence-electron chi connectivity index (χ0n) is 11.4. The van der Waals surface area contributed by atoms with E-state index in [1.165, 1.54) is 23.6 Å². The molecular weight excluding hydrogens is 294 g/mol. The Morgan fingerprint density at radius 1 is 1.43 bits per heavy atom. The summed E-state index contributed by atoms with van der Waals surface area (Å²) in [5.41, 5.74) is 1.01. The number of methoxy groups -OCH3 is 1. The first kappa shape index (κ1) is 15.0. The average molecular weight is 307 g/mol. The minimum Gasteiger partial charge on any atom is -0.465 e. The molecule has 0 saturated carbocycles. The van der Waals surface area contributed by atoms with E-state index in [9.17, 15) is 9.59 Å².